The topological polar surface area (TPSA) is 46.2 Å². The summed E-state index contributed by atoms with van der Waals surface area (Å²) >= 11 is 6.05. The monoisotopic (exact) mass is 311 g/mol. The van der Waals surface area contributed by atoms with Crippen LogP contribution in [0.25, 0.3) is 0 Å². The summed E-state index contributed by atoms with van der Waals surface area (Å²) in [4.78, 5) is -0.390. The minimum Gasteiger partial charge on any atom is -0.384 e. The van der Waals surface area contributed by atoms with Crippen LogP contribution in [0.5, 0.6) is 0 Å². The number of nitrogens with one attached hydrogen (secondary N) is 1. The van der Waals surface area contributed by atoms with Gasteiger partial charge >= 0.3 is 5.76 Å². The number of halogens is 3. The van der Waals surface area contributed by atoms with Crippen molar-refractivity contribution in [1.82, 2.24) is 0 Å². The molecule has 1 aromatic rings. The highest BCUT2D eigenvalue weighted by atomic mass is 35.5. The molecule has 1 rings (SSSR count). The zero-order valence-electron chi connectivity index (χ0n) is 10.6. The number of sulfone groups is 1. The van der Waals surface area contributed by atoms with Crippen molar-refractivity contribution in [3.63, 3.8) is 0 Å². The van der Waals surface area contributed by atoms with Gasteiger partial charge in [0, 0.05) is 12.2 Å². The maximum atomic E-state index is 12.3. The number of rotatable bonds is 6. The van der Waals surface area contributed by atoms with Crippen LogP contribution < -0.4 is 5.32 Å². The third kappa shape index (κ3) is 4.31. The van der Waals surface area contributed by atoms with Gasteiger partial charge in [0.25, 0.3) is 0 Å². The van der Waals surface area contributed by atoms with Gasteiger partial charge in [0.15, 0.2) is 0 Å². The van der Waals surface area contributed by atoms with Crippen molar-refractivity contribution in [3.05, 3.63) is 24.3 Å². The van der Waals surface area contributed by atoms with E-state index in [-0.39, 0.29) is 10.3 Å². The molecular weight excluding hydrogens is 296 g/mol. The molecule has 0 spiro atoms. The maximum absolute atomic E-state index is 12.3. The van der Waals surface area contributed by atoms with Crippen LogP contribution in [0.1, 0.15) is 13.8 Å². The molecule has 1 unspecified atom stereocenters. The number of alkyl halides is 3. The Kier molecular flexibility index (Phi) is 5.55. The van der Waals surface area contributed by atoms with Crippen LogP contribution >= 0.6 is 11.6 Å². The lowest BCUT2D eigenvalue weighted by Crippen LogP contribution is -2.19. The first kappa shape index (κ1) is 16.2. The van der Waals surface area contributed by atoms with Crippen molar-refractivity contribution >= 4 is 27.1 Å². The molecule has 7 heteroatoms. The minimum atomic E-state index is -4.53. The standard InChI is InChI=1S/C12H16ClF2NO2S/c1-8(2)11(13)7-16-9-3-5-10(6-4-9)19(17,18)12(14)15/h3-6,8,11-12,16H,7H2,1-2H3. The van der Waals surface area contributed by atoms with Crippen molar-refractivity contribution in [3.8, 4) is 0 Å². The number of hydrogen-bond donors (Lipinski definition) is 1. The quantitative estimate of drug-likeness (QED) is 0.819. The van der Waals surface area contributed by atoms with Gasteiger partial charge in [-0.05, 0) is 30.2 Å². The molecule has 19 heavy (non-hydrogen) atoms. The third-order valence-corrected chi connectivity index (χ3v) is 4.70. The Morgan fingerprint density at radius 1 is 1.21 bits per heavy atom. The van der Waals surface area contributed by atoms with Crippen LogP contribution in [0.4, 0.5) is 14.5 Å². The van der Waals surface area contributed by atoms with Crippen LogP contribution in [0.15, 0.2) is 29.2 Å². The minimum absolute atomic E-state index is 0.0653. The summed E-state index contributed by atoms with van der Waals surface area (Å²) in [5.41, 5.74) is 0.638. The van der Waals surface area contributed by atoms with E-state index in [0.717, 1.165) is 12.1 Å². The zero-order valence-corrected chi connectivity index (χ0v) is 12.2. The molecule has 108 valence electrons. The molecule has 0 aromatic heterocycles. The summed E-state index contributed by atoms with van der Waals surface area (Å²) in [6, 6.07) is 5.20. The molecule has 0 aliphatic carbocycles. The Morgan fingerprint density at radius 2 is 1.74 bits per heavy atom. The summed E-state index contributed by atoms with van der Waals surface area (Å²) in [6.07, 6.45) is 0. The predicted octanol–water partition coefficient (Wildman–Crippen LogP) is 3.36. The smallest absolute Gasteiger partial charge is 0.341 e. The van der Waals surface area contributed by atoms with E-state index in [1.54, 1.807) is 0 Å². The van der Waals surface area contributed by atoms with Crippen LogP contribution in [-0.4, -0.2) is 26.1 Å². The van der Waals surface area contributed by atoms with Crippen molar-refractivity contribution in [2.75, 3.05) is 11.9 Å². The van der Waals surface area contributed by atoms with E-state index in [2.05, 4.69) is 5.32 Å². The van der Waals surface area contributed by atoms with E-state index in [1.165, 1.54) is 12.1 Å². The van der Waals surface area contributed by atoms with Gasteiger partial charge in [0.1, 0.15) is 0 Å². The Hall–Kier alpha value is -0.880. The van der Waals surface area contributed by atoms with E-state index < -0.39 is 15.6 Å². The number of hydrogen-bond acceptors (Lipinski definition) is 3. The van der Waals surface area contributed by atoms with Crippen molar-refractivity contribution < 1.29 is 17.2 Å². The highest BCUT2D eigenvalue weighted by molar-refractivity contribution is 7.91. The molecule has 0 aliphatic rings. The maximum Gasteiger partial charge on any atom is 0.341 e. The molecule has 0 heterocycles. The summed E-state index contributed by atoms with van der Waals surface area (Å²) < 4.78 is 47.1. The van der Waals surface area contributed by atoms with Crippen LogP contribution in [-0.2, 0) is 9.84 Å². The molecule has 0 saturated heterocycles. The molecule has 0 amide bonds. The molecule has 0 aliphatic heterocycles. The molecule has 1 N–H and O–H groups in total. The SMILES string of the molecule is CC(C)C(Cl)CNc1ccc(S(=O)(=O)C(F)F)cc1. The largest absolute Gasteiger partial charge is 0.384 e. The van der Waals surface area contributed by atoms with E-state index in [0.29, 0.717) is 18.2 Å². The second-order valence-electron chi connectivity index (χ2n) is 4.47. The van der Waals surface area contributed by atoms with Gasteiger partial charge in [-0.25, -0.2) is 8.42 Å². The summed E-state index contributed by atoms with van der Waals surface area (Å²) in [5.74, 6) is -3.10. The fourth-order valence-electron chi connectivity index (χ4n) is 1.32. The summed E-state index contributed by atoms with van der Waals surface area (Å²) in [5, 5.41) is 2.95. The third-order valence-electron chi connectivity index (χ3n) is 2.64. The lowest BCUT2D eigenvalue weighted by atomic mass is 10.1. The number of anilines is 1. The van der Waals surface area contributed by atoms with Crippen LogP contribution in [0.3, 0.4) is 0 Å². The summed E-state index contributed by atoms with van der Waals surface area (Å²) in [7, 11) is -4.53. The Balaban J connectivity index is 2.73. The summed E-state index contributed by atoms with van der Waals surface area (Å²) in [6.45, 7) is 4.48. The van der Waals surface area contributed by atoms with Gasteiger partial charge < -0.3 is 5.32 Å². The first-order valence-corrected chi connectivity index (χ1v) is 7.73. The molecule has 3 nitrogen and oxygen atoms in total. The Morgan fingerprint density at radius 3 is 2.16 bits per heavy atom. The van der Waals surface area contributed by atoms with E-state index in [4.69, 9.17) is 11.6 Å². The van der Waals surface area contributed by atoms with Crippen LogP contribution in [0.2, 0.25) is 0 Å². The first-order valence-electron chi connectivity index (χ1n) is 5.75. The van der Waals surface area contributed by atoms with Gasteiger partial charge in [-0.3, -0.25) is 0 Å². The highest BCUT2D eigenvalue weighted by Crippen LogP contribution is 2.20. The fourth-order valence-corrected chi connectivity index (χ4v) is 2.11. The van der Waals surface area contributed by atoms with Crippen molar-refractivity contribution in [2.45, 2.75) is 29.9 Å². The average molecular weight is 312 g/mol. The van der Waals surface area contributed by atoms with E-state index >= 15 is 0 Å². The first-order chi connectivity index (χ1) is 8.75. The average Bonchev–Trinajstić information content (AvgIpc) is 2.36. The molecule has 1 aromatic carbocycles. The molecule has 0 saturated carbocycles. The zero-order chi connectivity index (χ0) is 14.6. The van der Waals surface area contributed by atoms with Gasteiger partial charge in [0.2, 0.25) is 9.84 Å². The Bertz CT molecular complexity index is 503. The van der Waals surface area contributed by atoms with Gasteiger partial charge in [-0.1, -0.05) is 13.8 Å². The lowest BCUT2D eigenvalue weighted by Gasteiger charge is -2.15. The molecule has 0 fully saturated rings. The number of benzene rings is 1. The van der Waals surface area contributed by atoms with E-state index in [1.807, 2.05) is 13.8 Å². The molecule has 0 bridgehead atoms. The highest BCUT2D eigenvalue weighted by Gasteiger charge is 2.26. The molecule has 1 atom stereocenters. The predicted molar refractivity (Wildman–Crippen MR) is 72.6 cm³/mol. The van der Waals surface area contributed by atoms with Gasteiger partial charge in [-0.2, -0.15) is 8.78 Å². The molecule has 0 radical (unpaired) electrons. The molecular formula is C12H16ClF2NO2S. The second-order valence-corrected chi connectivity index (χ2v) is 6.95. The normalized spacial score (nSPS) is 13.8. The van der Waals surface area contributed by atoms with Gasteiger partial charge in [-0.15, -0.1) is 11.6 Å². The van der Waals surface area contributed by atoms with Crippen molar-refractivity contribution in [1.29, 1.82) is 0 Å². The van der Waals surface area contributed by atoms with E-state index in [9.17, 15) is 17.2 Å². The lowest BCUT2D eigenvalue weighted by molar-refractivity contribution is 0.234. The second kappa shape index (κ2) is 6.52. The Labute approximate surface area is 116 Å². The van der Waals surface area contributed by atoms with Gasteiger partial charge in [0.05, 0.1) is 10.3 Å². The van der Waals surface area contributed by atoms with Crippen molar-refractivity contribution in [2.24, 2.45) is 5.92 Å². The van der Waals surface area contributed by atoms with Crippen LogP contribution in [0, 0.1) is 5.92 Å². The fraction of sp³-hybridized carbons (Fsp3) is 0.500.